The molecule has 180 valence electrons. The van der Waals surface area contributed by atoms with E-state index in [1.807, 2.05) is 45.9 Å². The quantitative estimate of drug-likeness (QED) is 0.408. The summed E-state index contributed by atoms with van der Waals surface area (Å²) in [5, 5.41) is 12.6. The molecule has 0 saturated heterocycles. The second kappa shape index (κ2) is 9.32. The molecular formula is C30H36O4. The van der Waals surface area contributed by atoms with Crippen LogP contribution in [0.2, 0.25) is 0 Å². The third kappa shape index (κ3) is 4.51. The van der Waals surface area contributed by atoms with Crippen molar-refractivity contribution < 1.29 is 19.4 Å². The van der Waals surface area contributed by atoms with Crippen LogP contribution in [0.5, 0.6) is 17.2 Å². The van der Waals surface area contributed by atoms with Gasteiger partial charge < -0.3 is 14.6 Å². The van der Waals surface area contributed by atoms with Gasteiger partial charge in [0.25, 0.3) is 0 Å². The zero-order valence-electron chi connectivity index (χ0n) is 21.2. The molecule has 0 radical (unpaired) electrons. The van der Waals surface area contributed by atoms with Crippen molar-refractivity contribution in [2.45, 2.75) is 78.2 Å². The number of ketones is 1. The molecule has 3 aromatic rings. The molecule has 4 nitrogen and oxygen atoms in total. The molecule has 2 atom stereocenters. The fourth-order valence-electron chi connectivity index (χ4n) is 5.15. The van der Waals surface area contributed by atoms with Crippen molar-refractivity contribution in [1.82, 2.24) is 0 Å². The number of fused-ring (bicyclic) bond motifs is 2. The van der Waals surface area contributed by atoms with Gasteiger partial charge in [-0.3, -0.25) is 4.79 Å². The lowest BCUT2D eigenvalue weighted by Gasteiger charge is -2.38. The Morgan fingerprint density at radius 1 is 1.09 bits per heavy atom. The number of phenolic OH excluding ortho intramolecular Hbond substituents is 1. The lowest BCUT2D eigenvalue weighted by Crippen LogP contribution is -2.37. The number of rotatable bonds is 7. The molecule has 0 fully saturated rings. The van der Waals surface area contributed by atoms with E-state index in [4.69, 9.17) is 9.47 Å². The second-order valence-corrected chi connectivity index (χ2v) is 10.1. The first-order chi connectivity index (χ1) is 16.1. The van der Waals surface area contributed by atoms with Crippen molar-refractivity contribution >= 4 is 16.6 Å². The standard InChI is InChI=1S/C30H36O4/c1-18-19(2)29-26(21(4)28(18)32)13-15-30(5,34-29)14-7-8-27(31)20(3)22-9-10-24-17-25(33-6)12-11-23(24)16-22/h9-12,16-17,20,32H,7-8,13-15H2,1-6H3. The minimum atomic E-state index is -0.293. The van der Waals surface area contributed by atoms with Gasteiger partial charge in [0, 0.05) is 17.9 Å². The normalized spacial score (nSPS) is 18.3. The number of benzene rings is 3. The number of methoxy groups -OCH3 is 1. The van der Waals surface area contributed by atoms with Gasteiger partial charge in [0.15, 0.2) is 0 Å². The minimum absolute atomic E-state index is 0.136. The maximum Gasteiger partial charge on any atom is 0.140 e. The maximum absolute atomic E-state index is 13.0. The SMILES string of the molecule is COc1ccc2cc(C(C)C(=O)CCCC3(C)CCc4c(C)c(O)c(C)c(C)c4O3)ccc2c1. The van der Waals surface area contributed by atoms with E-state index < -0.39 is 0 Å². The average Bonchev–Trinajstić information content (AvgIpc) is 2.84. The highest BCUT2D eigenvalue weighted by atomic mass is 16.5. The molecule has 0 amide bonds. The fraction of sp³-hybridized carbons (Fsp3) is 0.433. The Morgan fingerprint density at radius 3 is 2.53 bits per heavy atom. The Labute approximate surface area is 202 Å². The molecule has 2 unspecified atom stereocenters. The van der Waals surface area contributed by atoms with Gasteiger partial charge in [0.2, 0.25) is 0 Å². The molecule has 0 aliphatic carbocycles. The summed E-state index contributed by atoms with van der Waals surface area (Å²) in [6.45, 7) is 10.1. The zero-order chi connectivity index (χ0) is 24.6. The molecular weight excluding hydrogens is 424 g/mol. The molecule has 3 aromatic carbocycles. The van der Waals surface area contributed by atoms with Gasteiger partial charge in [-0.1, -0.05) is 31.2 Å². The second-order valence-electron chi connectivity index (χ2n) is 10.1. The molecule has 0 spiro atoms. The van der Waals surface area contributed by atoms with Crippen LogP contribution in [0.4, 0.5) is 0 Å². The van der Waals surface area contributed by atoms with E-state index in [0.29, 0.717) is 12.2 Å². The van der Waals surface area contributed by atoms with Crippen molar-refractivity contribution in [3.8, 4) is 17.2 Å². The van der Waals surface area contributed by atoms with Crippen LogP contribution in [0.15, 0.2) is 36.4 Å². The van der Waals surface area contributed by atoms with Crippen molar-refractivity contribution in [3.63, 3.8) is 0 Å². The summed E-state index contributed by atoms with van der Waals surface area (Å²) >= 11 is 0. The number of aromatic hydroxyl groups is 1. The van der Waals surface area contributed by atoms with Crippen LogP contribution in [0.25, 0.3) is 10.8 Å². The van der Waals surface area contributed by atoms with Crippen molar-refractivity contribution in [3.05, 3.63) is 64.2 Å². The highest BCUT2D eigenvalue weighted by Gasteiger charge is 2.34. The number of phenols is 1. The molecule has 1 aliphatic rings. The topological polar surface area (TPSA) is 55.8 Å². The Hall–Kier alpha value is -3.01. The van der Waals surface area contributed by atoms with Gasteiger partial charge >= 0.3 is 0 Å². The Balaban J connectivity index is 1.40. The third-order valence-electron chi connectivity index (χ3n) is 7.78. The predicted molar refractivity (Wildman–Crippen MR) is 137 cm³/mol. The van der Waals surface area contributed by atoms with E-state index in [0.717, 1.165) is 75.8 Å². The first kappa shape index (κ1) is 24.1. The number of carbonyl (C=O) groups excluding carboxylic acids is 1. The Bertz CT molecular complexity index is 1240. The Kier molecular flexibility index (Phi) is 6.62. The van der Waals surface area contributed by atoms with Crippen LogP contribution in [0, 0.1) is 20.8 Å². The highest BCUT2D eigenvalue weighted by Crippen LogP contribution is 2.44. The summed E-state index contributed by atoms with van der Waals surface area (Å²) in [4.78, 5) is 13.0. The Morgan fingerprint density at radius 2 is 1.79 bits per heavy atom. The molecule has 34 heavy (non-hydrogen) atoms. The average molecular weight is 461 g/mol. The fourth-order valence-corrected chi connectivity index (χ4v) is 5.15. The van der Waals surface area contributed by atoms with Crippen LogP contribution >= 0.6 is 0 Å². The van der Waals surface area contributed by atoms with Crippen molar-refractivity contribution in [2.75, 3.05) is 7.11 Å². The number of hydrogen-bond donors (Lipinski definition) is 1. The van der Waals surface area contributed by atoms with E-state index in [2.05, 4.69) is 25.1 Å². The minimum Gasteiger partial charge on any atom is -0.507 e. The van der Waals surface area contributed by atoms with E-state index in [9.17, 15) is 9.90 Å². The monoisotopic (exact) mass is 460 g/mol. The summed E-state index contributed by atoms with van der Waals surface area (Å²) in [6, 6.07) is 12.2. The van der Waals surface area contributed by atoms with Gasteiger partial charge in [-0.05, 0) is 98.5 Å². The number of Topliss-reactive ketones (excluding diaryl/α,β-unsaturated/α-hetero) is 1. The first-order valence-corrected chi connectivity index (χ1v) is 12.2. The molecule has 1 aliphatic heterocycles. The smallest absolute Gasteiger partial charge is 0.140 e. The van der Waals surface area contributed by atoms with Crippen LogP contribution in [0.1, 0.15) is 73.3 Å². The molecule has 4 rings (SSSR count). The molecule has 1 N–H and O–H groups in total. The number of hydrogen-bond acceptors (Lipinski definition) is 4. The highest BCUT2D eigenvalue weighted by molar-refractivity contribution is 5.89. The third-order valence-corrected chi connectivity index (χ3v) is 7.78. The number of carbonyl (C=O) groups is 1. The predicted octanol–water partition coefficient (Wildman–Crippen LogP) is 7.11. The van der Waals surface area contributed by atoms with Gasteiger partial charge in [-0.25, -0.2) is 0 Å². The first-order valence-electron chi connectivity index (χ1n) is 12.2. The zero-order valence-corrected chi connectivity index (χ0v) is 21.2. The molecule has 0 saturated carbocycles. The van der Waals surface area contributed by atoms with Crippen molar-refractivity contribution in [2.24, 2.45) is 0 Å². The maximum atomic E-state index is 13.0. The summed E-state index contributed by atoms with van der Waals surface area (Å²) in [7, 11) is 1.67. The van der Waals surface area contributed by atoms with Gasteiger partial charge in [0.05, 0.1) is 7.11 Å². The molecule has 1 heterocycles. The van der Waals surface area contributed by atoms with Crippen molar-refractivity contribution in [1.29, 1.82) is 0 Å². The summed E-state index contributed by atoms with van der Waals surface area (Å²) < 4.78 is 11.8. The van der Waals surface area contributed by atoms with E-state index >= 15 is 0 Å². The van der Waals surface area contributed by atoms with Gasteiger partial charge in [0.1, 0.15) is 28.6 Å². The molecule has 4 heteroatoms. The van der Waals surface area contributed by atoms with Crippen LogP contribution in [-0.2, 0) is 11.2 Å². The van der Waals surface area contributed by atoms with Gasteiger partial charge in [-0.2, -0.15) is 0 Å². The van der Waals surface area contributed by atoms with Crippen LogP contribution in [0.3, 0.4) is 0 Å². The van der Waals surface area contributed by atoms with E-state index in [-0.39, 0.29) is 17.3 Å². The lowest BCUT2D eigenvalue weighted by molar-refractivity contribution is -0.120. The molecule has 0 aromatic heterocycles. The van der Waals surface area contributed by atoms with E-state index in [1.165, 1.54) is 0 Å². The summed E-state index contributed by atoms with van der Waals surface area (Å²) in [5.74, 6) is 2.27. The van der Waals surface area contributed by atoms with Crippen LogP contribution < -0.4 is 9.47 Å². The number of ether oxygens (including phenoxy) is 2. The van der Waals surface area contributed by atoms with Crippen LogP contribution in [-0.4, -0.2) is 23.6 Å². The summed E-state index contributed by atoms with van der Waals surface area (Å²) in [5.41, 5.74) is 4.72. The lowest BCUT2D eigenvalue weighted by atomic mass is 9.84. The van der Waals surface area contributed by atoms with E-state index in [1.54, 1.807) is 7.11 Å². The largest absolute Gasteiger partial charge is 0.507 e. The molecule has 0 bridgehead atoms. The summed E-state index contributed by atoms with van der Waals surface area (Å²) in [6.07, 6.45) is 3.95. The van der Waals surface area contributed by atoms with Gasteiger partial charge in [-0.15, -0.1) is 0 Å².